The molecular formula is C37H25N3O. The van der Waals surface area contributed by atoms with Gasteiger partial charge < -0.3 is 10.1 Å². The van der Waals surface area contributed by atoms with Crippen LogP contribution in [-0.2, 0) is 0 Å². The second kappa shape index (κ2) is 9.61. The summed E-state index contributed by atoms with van der Waals surface area (Å²) in [6, 6.07) is 48.0. The summed E-state index contributed by atoms with van der Waals surface area (Å²) in [4.78, 5) is 10.0. The van der Waals surface area contributed by atoms with Gasteiger partial charge in [-0.05, 0) is 34.4 Å². The van der Waals surface area contributed by atoms with Crippen LogP contribution in [0, 0.1) is 0 Å². The van der Waals surface area contributed by atoms with Gasteiger partial charge in [-0.3, -0.25) is 0 Å². The van der Waals surface area contributed by atoms with Crippen LogP contribution in [0.3, 0.4) is 0 Å². The van der Waals surface area contributed by atoms with E-state index in [-0.39, 0.29) is 6.23 Å². The monoisotopic (exact) mass is 527 g/mol. The molecule has 0 radical (unpaired) electrons. The van der Waals surface area contributed by atoms with Crippen molar-refractivity contribution in [1.29, 1.82) is 0 Å². The fourth-order valence-electron chi connectivity index (χ4n) is 5.66. The summed E-state index contributed by atoms with van der Waals surface area (Å²) in [5.74, 6) is 1.59. The molecule has 2 heterocycles. The summed E-state index contributed by atoms with van der Waals surface area (Å²) in [6.07, 6.45) is -0.211. The van der Waals surface area contributed by atoms with E-state index < -0.39 is 0 Å². The molecule has 1 aliphatic rings. The lowest BCUT2D eigenvalue weighted by molar-refractivity contribution is 0.263. The Kier molecular flexibility index (Phi) is 5.49. The molecule has 1 unspecified atom stereocenters. The first-order valence-electron chi connectivity index (χ1n) is 13.8. The fraction of sp³-hybridized carbons (Fsp3) is 0.0270. The molecule has 1 aliphatic heterocycles. The summed E-state index contributed by atoms with van der Waals surface area (Å²) >= 11 is 0. The van der Waals surface area contributed by atoms with Crippen molar-refractivity contribution in [2.75, 3.05) is 5.32 Å². The van der Waals surface area contributed by atoms with E-state index >= 15 is 0 Å². The van der Waals surface area contributed by atoms with Gasteiger partial charge >= 0.3 is 0 Å². The summed E-state index contributed by atoms with van der Waals surface area (Å²) in [5.41, 5.74) is 7.01. The molecule has 7 aromatic rings. The number of nitrogens with one attached hydrogen (secondary N) is 1. The third-order valence-corrected chi connectivity index (χ3v) is 7.70. The van der Waals surface area contributed by atoms with Crippen molar-refractivity contribution in [3.05, 3.63) is 145 Å². The molecule has 0 saturated heterocycles. The number of fused-ring (bicyclic) bond motifs is 5. The van der Waals surface area contributed by atoms with Crippen LogP contribution in [0.4, 0.5) is 5.69 Å². The van der Waals surface area contributed by atoms with Crippen LogP contribution < -0.4 is 10.1 Å². The van der Waals surface area contributed by atoms with Crippen LogP contribution in [0.5, 0.6) is 5.75 Å². The Labute approximate surface area is 237 Å². The molecule has 8 rings (SSSR count). The van der Waals surface area contributed by atoms with Crippen molar-refractivity contribution < 1.29 is 4.74 Å². The van der Waals surface area contributed by atoms with Crippen LogP contribution in [-0.4, -0.2) is 9.97 Å². The Hall–Kier alpha value is -5.48. The van der Waals surface area contributed by atoms with Gasteiger partial charge in [0.25, 0.3) is 0 Å². The van der Waals surface area contributed by atoms with Gasteiger partial charge in [-0.2, -0.15) is 0 Å². The molecular weight excluding hydrogens is 502 g/mol. The summed E-state index contributed by atoms with van der Waals surface area (Å²) in [5, 5.41) is 8.06. The zero-order chi connectivity index (χ0) is 27.2. The maximum Gasteiger partial charge on any atom is 0.196 e. The minimum Gasteiger partial charge on any atom is -0.464 e. The van der Waals surface area contributed by atoms with Crippen LogP contribution in [0.15, 0.2) is 140 Å². The van der Waals surface area contributed by atoms with Crippen molar-refractivity contribution in [3.63, 3.8) is 0 Å². The first-order chi connectivity index (χ1) is 20.3. The van der Waals surface area contributed by atoms with Gasteiger partial charge in [0.2, 0.25) is 0 Å². The van der Waals surface area contributed by atoms with Gasteiger partial charge in [0.05, 0.1) is 17.1 Å². The average Bonchev–Trinajstić information content (AvgIpc) is 3.50. The quantitative estimate of drug-likeness (QED) is 0.232. The van der Waals surface area contributed by atoms with E-state index in [1.54, 1.807) is 0 Å². The van der Waals surface area contributed by atoms with E-state index in [1.807, 2.05) is 54.6 Å². The predicted octanol–water partition coefficient (Wildman–Crippen LogP) is 9.29. The minimum atomic E-state index is -0.211. The van der Waals surface area contributed by atoms with Crippen molar-refractivity contribution >= 4 is 27.2 Å². The van der Waals surface area contributed by atoms with Crippen LogP contribution in [0.2, 0.25) is 0 Å². The SMILES string of the molecule is c1ccc(-c2cc(-c3ccccc3)nc(-c3ccc4c(ccc5ccc6c(c54)OC(c4ccccc4)N6)c3)n2)cc1. The first kappa shape index (κ1) is 23.4. The normalized spacial score (nSPS) is 14.0. The summed E-state index contributed by atoms with van der Waals surface area (Å²) < 4.78 is 6.52. The highest BCUT2D eigenvalue weighted by molar-refractivity contribution is 6.13. The summed E-state index contributed by atoms with van der Waals surface area (Å²) in [7, 11) is 0. The molecule has 0 fully saturated rings. The lowest BCUT2D eigenvalue weighted by Crippen LogP contribution is -2.09. The number of anilines is 1. The highest BCUT2D eigenvalue weighted by atomic mass is 16.5. The number of nitrogens with zero attached hydrogens (tertiary/aromatic N) is 2. The Bertz CT molecular complexity index is 1980. The van der Waals surface area contributed by atoms with Crippen LogP contribution >= 0.6 is 0 Å². The number of hydrogen-bond donors (Lipinski definition) is 1. The average molecular weight is 528 g/mol. The number of rotatable bonds is 4. The van der Waals surface area contributed by atoms with Crippen LogP contribution in [0.25, 0.3) is 55.4 Å². The fourth-order valence-corrected chi connectivity index (χ4v) is 5.66. The predicted molar refractivity (Wildman–Crippen MR) is 167 cm³/mol. The van der Waals surface area contributed by atoms with Gasteiger partial charge in [0, 0.05) is 27.6 Å². The smallest absolute Gasteiger partial charge is 0.196 e. The third-order valence-electron chi connectivity index (χ3n) is 7.70. The van der Waals surface area contributed by atoms with Gasteiger partial charge in [0.15, 0.2) is 17.8 Å². The Morgan fingerprint density at radius 3 is 1.83 bits per heavy atom. The van der Waals surface area contributed by atoms with E-state index in [2.05, 4.69) is 90.2 Å². The molecule has 6 aromatic carbocycles. The van der Waals surface area contributed by atoms with E-state index in [4.69, 9.17) is 14.7 Å². The molecule has 194 valence electrons. The highest BCUT2D eigenvalue weighted by Gasteiger charge is 2.26. The third kappa shape index (κ3) is 4.17. The van der Waals surface area contributed by atoms with Crippen molar-refractivity contribution in [2.24, 2.45) is 0 Å². The second-order valence-corrected chi connectivity index (χ2v) is 10.3. The molecule has 1 aromatic heterocycles. The Morgan fingerprint density at radius 2 is 1.15 bits per heavy atom. The molecule has 4 nitrogen and oxygen atoms in total. The number of ether oxygens (including phenoxy) is 1. The molecule has 0 saturated carbocycles. The molecule has 0 bridgehead atoms. The molecule has 0 aliphatic carbocycles. The molecule has 0 spiro atoms. The largest absolute Gasteiger partial charge is 0.464 e. The lowest BCUT2D eigenvalue weighted by Gasteiger charge is -2.13. The van der Waals surface area contributed by atoms with Crippen LogP contribution in [0.1, 0.15) is 11.8 Å². The molecule has 4 heteroatoms. The number of aromatic nitrogens is 2. The molecule has 1 N–H and O–H groups in total. The second-order valence-electron chi connectivity index (χ2n) is 10.3. The van der Waals surface area contributed by atoms with Crippen molar-refractivity contribution in [2.45, 2.75) is 6.23 Å². The van der Waals surface area contributed by atoms with Gasteiger partial charge in [-0.25, -0.2) is 9.97 Å². The summed E-state index contributed by atoms with van der Waals surface area (Å²) in [6.45, 7) is 0. The molecule has 41 heavy (non-hydrogen) atoms. The van der Waals surface area contributed by atoms with E-state index in [0.29, 0.717) is 5.82 Å². The Balaban J connectivity index is 1.26. The topological polar surface area (TPSA) is 47.0 Å². The number of benzene rings is 6. The number of hydrogen-bond acceptors (Lipinski definition) is 4. The molecule has 0 amide bonds. The van der Waals surface area contributed by atoms with Gasteiger partial charge in [-0.1, -0.05) is 121 Å². The van der Waals surface area contributed by atoms with Crippen molar-refractivity contribution in [3.8, 4) is 39.7 Å². The van der Waals surface area contributed by atoms with E-state index in [0.717, 1.165) is 66.6 Å². The standard InChI is InChI=1S/C37H25N3O/c1-4-10-24(11-5-1)32-23-33(25-12-6-2-7-13-25)39-36(38-32)29-18-20-30-28(22-29)17-16-26-19-21-31-35(34(26)30)41-37(40-31)27-14-8-3-9-15-27/h1-23,37,40H. The van der Waals surface area contributed by atoms with E-state index in [1.165, 1.54) is 0 Å². The van der Waals surface area contributed by atoms with Crippen molar-refractivity contribution in [1.82, 2.24) is 9.97 Å². The highest BCUT2D eigenvalue weighted by Crippen LogP contribution is 2.46. The Morgan fingerprint density at radius 1 is 0.537 bits per heavy atom. The van der Waals surface area contributed by atoms with E-state index in [9.17, 15) is 0 Å². The zero-order valence-corrected chi connectivity index (χ0v) is 22.2. The first-order valence-corrected chi connectivity index (χ1v) is 13.8. The lowest BCUT2D eigenvalue weighted by atomic mass is 9.98. The maximum atomic E-state index is 6.52. The zero-order valence-electron chi connectivity index (χ0n) is 22.2. The maximum absolute atomic E-state index is 6.52. The van der Waals surface area contributed by atoms with Gasteiger partial charge in [-0.15, -0.1) is 0 Å². The van der Waals surface area contributed by atoms with Gasteiger partial charge in [0.1, 0.15) is 0 Å². The molecule has 1 atom stereocenters. The minimum absolute atomic E-state index is 0.211.